The molecule has 26 heavy (non-hydrogen) atoms. The summed E-state index contributed by atoms with van der Waals surface area (Å²) < 4.78 is 9.94. The van der Waals surface area contributed by atoms with Gasteiger partial charge in [-0.1, -0.05) is 15.9 Å². The van der Waals surface area contributed by atoms with Gasteiger partial charge in [-0.3, -0.25) is 9.59 Å². The Bertz CT molecular complexity index is 346. The van der Waals surface area contributed by atoms with Crippen molar-refractivity contribution >= 4 is 40.3 Å². The first kappa shape index (κ1) is 33.2. The zero-order chi connectivity index (χ0) is 20.5. The monoisotopic (exact) mass is 464 g/mol. The van der Waals surface area contributed by atoms with Crippen molar-refractivity contribution in [2.75, 3.05) is 38.1 Å². The molecule has 10 heteroatoms. The molecule has 0 aliphatic rings. The van der Waals surface area contributed by atoms with Crippen molar-refractivity contribution in [1.29, 1.82) is 0 Å². The van der Waals surface area contributed by atoms with Gasteiger partial charge in [-0.15, -0.1) is 12.4 Å². The van der Waals surface area contributed by atoms with Gasteiger partial charge in [0.1, 0.15) is 16.5 Å². The summed E-state index contributed by atoms with van der Waals surface area (Å²) in [5.41, 5.74) is 14.3. The molecule has 0 fully saturated rings. The first-order valence-electron chi connectivity index (χ1n) is 8.13. The van der Waals surface area contributed by atoms with Crippen molar-refractivity contribution in [3.8, 4) is 0 Å². The molecule has 0 amide bonds. The molecule has 0 saturated carbocycles. The number of nitrogens with one attached hydrogen (secondary N) is 1. The fraction of sp³-hybridized carbons (Fsp3) is 0.875. The van der Waals surface area contributed by atoms with E-state index in [0.717, 1.165) is 0 Å². The number of carbonyl (C=O) groups excluding carboxylic acids is 2. The van der Waals surface area contributed by atoms with Crippen LogP contribution in [-0.2, 0) is 19.1 Å². The zero-order valence-electron chi connectivity index (χ0n) is 16.9. The van der Waals surface area contributed by atoms with Gasteiger partial charge in [0.15, 0.2) is 0 Å². The molecule has 0 atom stereocenters. The second kappa shape index (κ2) is 19.3. The normalized spacial score (nSPS) is 10.2. The number of carbonyl (C=O) groups is 2. The van der Waals surface area contributed by atoms with Gasteiger partial charge in [-0.25, -0.2) is 0 Å². The van der Waals surface area contributed by atoms with Gasteiger partial charge in [0.05, 0.1) is 6.54 Å². The third-order valence-corrected chi connectivity index (χ3v) is 2.16. The van der Waals surface area contributed by atoms with Crippen molar-refractivity contribution in [1.82, 2.24) is 5.32 Å². The fourth-order valence-corrected chi connectivity index (χ4v) is 1.15. The van der Waals surface area contributed by atoms with Crippen LogP contribution < -0.4 is 22.5 Å². The van der Waals surface area contributed by atoms with E-state index in [0.29, 0.717) is 26.2 Å². The minimum Gasteiger partial charge on any atom is -0.459 e. The van der Waals surface area contributed by atoms with Crippen LogP contribution in [0.5, 0.6) is 0 Å². The van der Waals surface area contributed by atoms with Gasteiger partial charge in [0, 0.05) is 26.2 Å². The Labute approximate surface area is 172 Å². The van der Waals surface area contributed by atoms with Crippen LogP contribution >= 0.6 is 28.3 Å². The molecule has 0 radical (unpaired) electrons. The maximum Gasteiger partial charge on any atom is 0.320 e. The molecule has 0 rings (SSSR count). The summed E-state index contributed by atoms with van der Waals surface area (Å²) >= 11 is 2.99. The first-order chi connectivity index (χ1) is 11.3. The maximum absolute atomic E-state index is 11.0. The third kappa shape index (κ3) is 38.9. The largest absolute Gasteiger partial charge is 0.459 e. The van der Waals surface area contributed by atoms with E-state index in [1.165, 1.54) is 0 Å². The molecule has 0 aromatic rings. The van der Waals surface area contributed by atoms with Crippen LogP contribution in [0.4, 0.5) is 0 Å². The molecule has 8 nitrogen and oxygen atoms in total. The van der Waals surface area contributed by atoms with Gasteiger partial charge >= 0.3 is 11.9 Å². The van der Waals surface area contributed by atoms with Crippen molar-refractivity contribution in [3.05, 3.63) is 0 Å². The van der Waals surface area contributed by atoms with Crippen molar-refractivity contribution < 1.29 is 19.1 Å². The second-order valence-corrected chi connectivity index (χ2v) is 7.41. The number of rotatable bonds is 6. The minimum absolute atomic E-state index is 0. The van der Waals surface area contributed by atoms with E-state index in [1.807, 2.05) is 41.5 Å². The van der Waals surface area contributed by atoms with Gasteiger partial charge in [0.2, 0.25) is 0 Å². The molecule has 0 heterocycles. The molecule has 0 saturated heterocycles. The Morgan fingerprint density at radius 2 is 1.23 bits per heavy atom. The highest BCUT2D eigenvalue weighted by atomic mass is 79.9. The lowest BCUT2D eigenvalue weighted by Crippen LogP contribution is -2.33. The molecule has 0 spiro atoms. The average Bonchev–Trinajstić information content (AvgIpc) is 2.45. The summed E-state index contributed by atoms with van der Waals surface area (Å²) in [4.78, 5) is 21.6. The van der Waals surface area contributed by atoms with E-state index >= 15 is 0 Å². The Balaban J connectivity index is -0.000000153. The Morgan fingerprint density at radius 1 is 0.846 bits per heavy atom. The van der Waals surface area contributed by atoms with Gasteiger partial charge < -0.3 is 32.0 Å². The molecule has 160 valence electrons. The van der Waals surface area contributed by atoms with E-state index in [9.17, 15) is 9.59 Å². The number of halogens is 2. The molecule has 0 aliphatic carbocycles. The smallest absolute Gasteiger partial charge is 0.320 e. The number of esters is 2. The Kier molecular flexibility index (Phi) is 24.6. The number of nitrogens with two attached hydrogens (primary N) is 3. The summed E-state index contributed by atoms with van der Waals surface area (Å²) in [6, 6.07) is 0. The van der Waals surface area contributed by atoms with E-state index in [1.54, 1.807) is 0 Å². The van der Waals surface area contributed by atoms with Crippen LogP contribution in [-0.4, -0.2) is 61.2 Å². The molecule has 0 unspecified atom stereocenters. The first-order valence-corrected chi connectivity index (χ1v) is 9.25. The minimum atomic E-state index is -0.401. The molecule has 0 aliphatic heterocycles. The van der Waals surface area contributed by atoms with Gasteiger partial charge in [-0.05, 0) is 41.5 Å². The molecule has 0 aromatic heterocycles. The summed E-state index contributed by atoms with van der Waals surface area (Å²) in [5, 5.41) is 3.13. The number of ether oxygens (including phenoxy) is 2. The topological polar surface area (TPSA) is 143 Å². The highest BCUT2D eigenvalue weighted by molar-refractivity contribution is 9.09. The highest BCUT2D eigenvalue weighted by Gasteiger charge is 2.15. The maximum atomic E-state index is 11.0. The molecule has 0 aromatic carbocycles. The lowest BCUT2D eigenvalue weighted by molar-refractivity contribution is -0.154. The SMILES string of the molecule is CC(C)(C)OC(=O)CBr.CC(C)(C)OC(=O)CNCCN.Cl.NCCN. The van der Waals surface area contributed by atoms with Crippen LogP contribution in [0.2, 0.25) is 0 Å². The third-order valence-electron chi connectivity index (χ3n) is 1.71. The number of alkyl halides is 1. The van der Waals surface area contributed by atoms with Gasteiger partial charge in [0.25, 0.3) is 0 Å². The highest BCUT2D eigenvalue weighted by Crippen LogP contribution is 2.07. The molecule has 7 N–H and O–H groups in total. The van der Waals surface area contributed by atoms with Crippen LogP contribution in [0.15, 0.2) is 0 Å². The summed E-state index contributed by atoms with van der Waals surface area (Å²) in [5.74, 6) is -0.460. The molecule has 0 bridgehead atoms. The number of hydrogen-bond donors (Lipinski definition) is 4. The second-order valence-electron chi connectivity index (χ2n) is 6.85. The van der Waals surface area contributed by atoms with Crippen molar-refractivity contribution in [2.45, 2.75) is 52.7 Å². The predicted octanol–water partition coefficient (Wildman–Crippen LogP) is 0.925. The molecular weight excluding hydrogens is 428 g/mol. The van der Waals surface area contributed by atoms with Crippen LogP contribution in [0.3, 0.4) is 0 Å². The predicted molar refractivity (Wildman–Crippen MR) is 113 cm³/mol. The fourth-order valence-electron chi connectivity index (χ4n) is 1.04. The quantitative estimate of drug-likeness (QED) is 0.258. The Morgan fingerprint density at radius 3 is 1.46 bits per heavy atom. The molecular formula is C16H38BrClN4O4. The van der Waals surface area contributed by atoms with Crippen LogP contribution in [0, 0.1) is 0 Å². The van der Waals surface area contributed by atoms with Crippen molar-refractivity contribution in [2.24, 2.45) is 17.2 Å². The summed E-state index contributed by atoms with van der Waals surface area (Å²) in [6.45, 7) is 13.6. The lowest BCUT2D eigenvalue weighted by Gasteiger charge is -2.19. The van der Waals surface area contributed by atoms with Gasteiger partial charge in [-0.2, -0.15) is 0 Å². The van der Waals surface area contributed by atoms with E-state index in [4.69, 9.17) is 26.7 Å². The zero-order valence-corrected chi connectivity index (χ0v) is 19.3. The van der Waals surface area contributed by atoms with E-state index in [2.05, 4.69) is 21.2 Å². The lowest BCUT2D eigenvalue weighted by atomic mass is 10.2. The average molecular weight is 466 g/mol. The van der Waals surface area contributed by atoms with Crippen LogP contribution in [0.1, 0.15) is 41.5 Å². The standard InChI is InChI=1S/C8H18N2O2.C6H11BrO2.C2H8N2.ClH/c1-8(2,3)12-7(11)6-10-5-4-9;1-6(2,3)9-5(8)4-7;3-1-2-4;/h10H,4-6,9H2,1-3H3;4H2,1-3H3;1-4H2;1H. The number of hydrogen-bond acceptors (Lipinski definition) is 8. The van der Waals surface area contributed by atoms with E-state index in [-0.39, 0.29) is 41.8 Å². The summed E-state index contributed by atoms with van der Waals surface area (Å²) in [7, 11) is 0. The summed E-state index contributed by atoms with van der Waals surface area (Å²) in [6.07, 6.45) is 0. The Hall–Kier alpha value is -0.450. The van der Waals surface area contributed by atoms with Crippen molar-refractivity contribution in [3.63, 3.8) is 0 Å². The van der Waals surface area contributed by atoms with E-state index < -0.39 is 5.60 Å². The van der Waals surface area contributed by atoms with Crippen LogP contribution in [0.25, 0.3) is 0 Å².